The van der Waals surface area contributed by atoms with Crippen molar-refractivity contribution < 1.29 is 14.3 Å². The van der Waals surface area contributed by atoms with Gasteiger partial charge < -0.3 is 5.11 Å². The summed E-state index contributed by atoms with van der Waals surface area (Å²) in [5, 5.41) is 10.4. The average Bonchev–Trinajstić information content (AvgIpc) is 2.19. The maximum absolute atomic E-state index is 13.0. The van der Waals surface area contributed by atoms with Crippen molar-refractivity contribution in [3.05, 3.63) is 47.3 Å². The third kappa shape index (κ3) is 1.56. The van der Waals surface area contributed by atoms with Crippen molar-refractivity contribution in [2.24, 2.45) is 0 Å². The van der Waals surface area contributed by atoms with E-state index < -0.39 is 5.97 Å². The highest BCUT2D eigenvalue weighted by molar-refractivity contribution is 5.97. The highest BCUT2D eigenvalue weighted by Gasteiger charge is 2.09. The molecule has 0 spiro atoms. The summed E-state index contributed by atoms with van der Waals surface area (Å²) >= 11 is 0. The maximum Gasteiger partial charge on any atom is 0.335 e. The van der Waals surface area contributed by atoms with E-state index in [4.69, 9.17) is 5.11 Å². The molecule has 0 aliphatic heterocycles. The summed E-state index contributed by atoms with van der Waals surface area (Å²) in [4.78, 5) is 10.9. The Morgan fingerprint density at radius 1 is 1.27 bits per heavy atom. The zero-order valence-corrected chi connectivity index (χ0v) is 8.12. The van der Waals surface area contributed by atoms with Gasteiger partial charge in [-0.25, -0.2) is 9.18 Å². The first kappa shape index (κ1) is 9.65. The van der Waals surface area contributed by atoms with Crippen LogP contribution in [-0.4, -0.2) is 11.1 Å². The molecular formula is C12H9FO2. The van der Waals surface area contributed by atoms with Crippen LogP contribution in [0.3, 0.4) is 0 Å². The van der Waals surface area contributed by atoms with Gasteiger partial charge in [0.25, 0.3) is 0 Å². The van der Waals surface area contributed by atoms with Crippen molar-refractivity contribution in [1.82, 2.24) is 0 Å². The summed E-state index contributed by atoms with van der Waals surface area (Å²) in [6.07, 6.45) is 0. The Labute approximate surface area is 86.0 Å². The van der Waals surface area contributed by atoms with Crippen LogP contribution in [0.1, 0.15) is 15.9 Å². The molecule has 0 amide bonds. The van der Waals surface area contributed by atoms with E-state index in [2.05, 4.69) is 0 Å². The van der Waals surface area contributed by atoms with E-state index in [0.717, 1.165) is 5.39 Å². The van der Waals surface area contributed by atoms with Gasteiger partial charge in [0.05, 0.1) is 5.56 Å². The van der Waals surface area contributed by atoms with Crippen LogP contribution < -0.4 is 0 Å². The summed E-state index contributed by atoms with van der Waals surface area (Å²) in [7, 11) is 0. The van der Waals surface area contributed by atoms with E-state index in [0.29, 0.717) is 10.9 Å². The minimum Gasteiger partial charge on any atom is -0.478 e. The molecule has 2 aromatic rings. The molecule has 0 radical (unpaired) electrons. The van der Waals surface area contributed by atoms with Crippen LogP contribution in [0.25, 0.3) is 10.8 Å². The number of aromatic carboxylic acids is 1. The fourth-order valence-corrected chi connectivity index (χ4v) is 1.67. The lowest BCUT2D eigenvalue weighted by atomic mass is 10.0. The summed E-state index contributed by atoms with van der Waals surface area (Å²) in [5.74, 6) is -1.34. The van der Waals surface area contributed by atoms with Crippen molar-refractivity contribution in [3.63, 3.8) is 0 Å². The molecule has 0 saturated carbocycles. The molecule has 2 rings (SSSR count). The number of carboxylic acids is 1. The predicted molar refractivity (Wildman–Crippen MR) is 55.6 cm³/mol. The second kappa shape index (κ2) is 3.35. The van der Waals surface area contributed by atoms with Crippen LogP contribution in [0.5, 0.6) is 0 Å². The van der Waals surface area contributed by atoms with Crippen LogP contribution in [-0.2, 0) is 0 Å². The molecule has 0 aliphatic carbocycles. The van der Waals surface area contributed by atoms with Gasteiger partial charge in [0.1, 0.15) is 5.82 Å². The smallest absolute Gasteiger partial charge is 0.335 e. The number of aryl methyl sites for hydroxylation is 1. The molecule has 0 atom stereocenters. The summed E-state index contributed by atoms with van der Waals surface area (Å²) < 4.78 is 13.0. The first-order valence-electron chi connectivity index (χ1n) is 4.52. The predicted octanol–water partition coefficient (Wildman–Crippen LogP) is 2.99. The highest BCUT2D eigenvalue weighted by atomic mass is 19.1. The Morgan fingerprint density at radius 2 is 1.93 bits per heavy atom. The molecule has 0 unspecified atom stereocenters. The molecule has 0 saturated heterocycles. The summed E-state index contributed by atoms with van der Waals surface area (Å²) in [6, 6.07) is 7.59. The second-order valence-corrected chi connectivity index (χ2v) is 3.41. The quantitative estimate of drug-likeness (QED) is 0.775. The minimum atomic E-state index is -0.987. The largest absolute Gasteiger partial charge is 0.478 e. The Balaban J connectivity index is 2.82. The monoisotopic (exact) mass is 204 g/mol. The fraction of sp³-hybridized carbons (Fsp3) is 0.0833. The van der Waals surface area contributed by atoms with Gasteiger partial charge in [-0.15, -0.1) is 0 Å². The number of hydrogen-bond donors (Lipinski definition) is 1. The molecule has 2 nitrogen and oxygen atoms in total. The average molecular weight is 204 g/mol. The van der Waals surface area contributed by atoms with E-state index in [-0.39, 0.29) is 11.4 Å². The molecule has 0 aliphatic rings. The number of benzene rings is 2. The van der Waals surface area contributed by atoms with Gasteiger partial charge in [0.2, 0.25) is 0 Å². The lowest BCUT2D eigenvalue weighted by Gasteiger charge is -2.05. The normalized spacial score (nSPS) is 10.5. The molecule has 0 aromatic heterocycles. The van der Waals surface area contributed by atoms with E-state index in [1.165, 1.54) is 18.2 Å². The molecule has 0 fully saturated rings. The van der Waals surface area contributed by atoms with E-state index in [9.17, 15) is 9.18 Å². The van der Waals surface area contributed by atoms with Crippen LogP contribution in [0.4, 0.5) is 4.39 Å². The number of hydrogen-bond acceptors (Lipinski definition) is 1. The molecule has 15 heavy (non-hydrogen) atoms. The molecule has 3 heteroatoms. The minimum absolute atomic E-state index is 0.216. The van der Waals surface area contributed by atoms with Crippen LogP contribution in [0.15, 0.2) is 30.3 Å². The number of fused-ring (bicyclic) bond motifs is 1. The van der Waals surface area contributed by atoms with E-state index in [1.807, 2.05) is 0 Å². The van der Waals surface area contributed by atoms with Crippen LogP contribution in [0.2, 0.25) is 0 Å². The van der Waals surface area contributed by atoms with Gasteiger partial charge in [-0.2, -0.15) is 0 Å². The van der Waals surface area contributed by atoms with Gasteiger partial charge in [0.15, 0.2) is 0 Å². The van der Waals surface area contributed by atoms with Crippen molar-refractivity contribution in [1.29, 1.82) is 0 Å². The second-order valence-electron chi connectivity index (χ2n) is 3.41. The summed E-state index contributed by atoms with van der Waals surface area (Å²) in [5.41, 5.74) is 0.813. The number of carboxylic acid groups (broad SMARTS) is 1. The molecule has 2 aromatic carbocycles. The van der Waals surface area contributed by atoms with Gasteiger partial charge >= 0.3 is 5.97 Å². The van der Waals surface area contributed by atoms with Crippen molar-refractivity contribution in [3.8, 4) is 0 Å². The van der Waals surface area contributed by atoms with Crippen molar-refractivity contribution >= 4 is 16.7 Å². The Bertz CT molecular complexity index is 547. The standard InChI is InChI=1S/C12H9FO2/c1-7-10(12(14)15)5-3-8-2-4-9(13)6-11(7)8/h2-6H,1H3,(H,14,15). The topological polar surface area (TPSA) is 37.3 Å². The maximum atomic E-state index is 13.0. The van der Waals surface area contributed by atoms with Gasteiger partial charge in [-0.3, -0.25) is 0 Å². The molecular weight excluding hydrogens is 195 g/mol. The fourth-order valence-electron chi connectivity index (χ4n) is 1.67. The Kier molecular flexibility index (Phi) is 2.15. The lowest BCUT2D eigenvalue weighted by molar-refractivity contribution is 0.0696. The number of rotatable bonds is 1. The highest BCUT2D eigenvalue weighted by Crippen LogP contribution is 2.22. The zero-order valence-electron chi connectivity index (χ0n) is 8.12. The van der Waals surface area contributed by atoms with Crippen molar-refractivity contribution in [2.45, 2.75) is 6.92 Å². The number of carbonyl (C=O) groups is 1. The van der Waals surface area contributed by atoms with E-state index >= 15 is 0 Å². The zero-order chi connectivity index (χ0) is 11.0. The third-order valence-corrected chi connectivity index (χ3v) is 2.48. The first-order valence-corrected chi connectivity index (χ1v) is 4.52. The van der Waals surface area contributed by atoms with Crippen LogP contribution in [0, 0.1) is 12.7 Å². The summed E-state index contributed by atoms with van der Waals surface area (Å²) in [6.45, 7) is 1.69. The Morgan fingerprint density at radius 3 is 2.60 bits per heavy atom. The molecule has 0 heterocycles. The van der Waals surface area contributed by atoms with Gasteiger partial charge in [-0.1, -0.05) is 12.1 Å². The van der Waals surface area contributed by atoms with E-state index in [1.54, 1.807) is 19.1 Å². The van der Waals surface area contributed by atoms with Crippen molar-refractivity contribution in [2.75, 3.05) is 0 Å². The third-order valence-electron chi connectivity index (χ3n) is 2.48. The first-order chi connectivity index (χ1) is 7.09. The Hall–Kier alpha value is -1.90. The molecule has 1 N–H and O–H groups in total. The number of halogens is 1. The lowest BCUT2D eigenvalue weighted by Crippen LogP contribution is -1.99. The molecule has 0 bridgehead atoms. The van der Waals surface area contributed by atoms with Crippen LogP contribution >= 0.6 is 0 Å². The van der Waals surface area contributed by atoms with Gasteiger partial charge in [-0.05, 0) is 41.5 Å². The van der Waals surface area contributed by atoms with Gasteiger partial charge in [0, 0.05) is 0 Å². The SMILES string of the molecule is Cc1c(C(=O)O)ccc2ccc(F)cc12. The molecule has 76 valence electrons.